The smallest absolute Gasteiger partial charge is 0.0849 e. The average molecular weight is 287 g/mol. The summed E-state index contributed by atoms with van der Waals surface area (Å²) in [6.07, 6.45) is 5.88. The molecule has 2 atom stereocenters. The molecule has 0 aromatic carbocycles. The third-order valence-corrected chi connectivity index (χ3v) is 5.79. The summed E-state index contributed by atoms with van der Waals surface area (Å²) >= 11 is 12.7. The second kappa shape index (κ2) is 4.42. The van der Waals surface area contributed by atoms with Crippen molar-refractivity contribution in [2.24, 2.45) is 24.3 Å². The van der Waals surface area contributed by atoms with Gasteiger partial charge < -0.3 is 0 Å². The zero-order chi connectivity index (χ0) is 12.9. The minimum absolute atomic E-state index is 0.275. The molecule has 0 N–H and O–H groups in total. The van der Waals surface area contributed by atoms with Crippen molar-refractivity contribution >= 4 is 23.2 Å². The van der Waals surface area contributed by atoms with Crippen LogP contribution in [-0.4, -0.2) is 15.7 Å². The van der Waals surface area contributed by atoms with Gasteiger partial charge in [-0.1, -0.05) is 18.5 Å². The van der Waals surface area contributed by atoms with Gasteiger partial charge in [0.25, 0.3) is 0 Å². The number of halogens is 2. The normalized spacial score (nSPS) is 33.8. The van der Waals surface area contributed by atoms with Crippen molar-refractivity contribution in [2.45, 2.75) is 39.0 Å². The summed E-state index contributed by atoms with van der Waals surface area (Å²) in [4.78, 5) is 0. The van der Waals surface area contributed by atoms with Crippen LogP contribution in [0.2, 0.25) is 5.02 Å². The highest BCUT2D eigenvalue weighted by Crippen LogP contribution is 2.61. The lowest BCUT2D eigenvalue weighted by atomic mass is 9.80. The maximum absolute atomic E-state index is 6.45. The molecule has 1 aromatic heterocycles. The van der Waals surface area contributed by atoms with Crippen LogP contribution in [0.3, 0.4) is 0 Å². The fourth-order valence-corrected chi connectivity index (χ4v) is 4.35. The minimum Gasteiger partial charge on any atom is -0.271 e. The van der Waals surface area contributed by atoms with Gasteiger partial charge in [-0.05, 0) is 49.4 Å². The monoisotopic (exact) mass is 286 g/mol. The fourth-order valence-electron chi connectivity index (χ4n) is 3.67. The lowest BCUT2D eigenvalue weighted by Gasteiger charge is -2.28. The second-order valence-electron chi connectivity index (χ2n) is 6.16. The van der Waals surface area contributed by atoms with Gasteiger partial charge in [-0.2, -0.15) is 5.10 Å². The number of alkyl halides is 1. The van der Waals surface area contributed by atoms with Gasteiger partial charge in [0.05, 0.1) is 16.4 Å². The van der Waals surface area contributed by atoms with Gasteiger partial charge in [-0.15, -0.1) is 11.6 Å². The van der Waals surface area contributed by atoms with E-state index in [2.05, 4.69) is 12.0 Å². The molecule has 2 unspecified atom stereocenters. The molecule has 2 saturated carbocycles. The lowest BCUT2D eigenvalue weighted by Crippen LogP contribution is -2.25. The van der Waals surface area contributed by atoms with Gasteiger partial charge in [0, 0.05) is 12.9 Å². The van der Waals surface area contributed by atoms with E-state index in [1.165, 1.54) is 25.0 Å². The molecule has 2 nitrogen and oxygen atoms in total. The SMILES string of the molecule is CCc1nn(C)c(CC2(CCl)CC3CC3C2)c1Cl. The highest BCUT2D eigenvalue weighted by Gasteiger charge is 2.53. The Balaban J connectivity index is 1.85. The van der Waals surface area contributed by atoms with Crippen LogP contribution in [-0.2, 0) is 19.9 Å². The highest BCUT2D eigenvalue weighted by atomic mass is 35.5. The van der Waals surface area contributed by atoms with Gasteiger partial charge in [0.15, 0.2) is 0 Å². The molecule has 0 bridgehead atoms. The van der Waals surface area contributed by atoms with Crippen molar-refractivity contribution in [1.82, 2.24) is 9.78 Å². The molecule has 0 amide bonds. The van der Waals surface area contributed by atoms with Crippen LogP contribution in [0, 0.1) is 17.3 Å². The zero-order valence-corrected chi connectivity index (χ0v) is 12.6. The van der Waals surface area contributed by atoms with E-state index in [4.69, 9.17) is 23.2 Å². The predicted molar refractivity (Wildman–Crippen MR) is 75.3 cm³/mol. The molecule has 0 spiro atoms. The lowest BCUT2D eigenvalue weighted by molar-refractivity contribution is 0.296. The molecule has 2 aliphatic rings. The molecular formula is C14H20Cl2N2. The number of aromatic nitrogens is 2. The summed E-state index contributed by atoms with van der Waals surface area (Å²) < 4.78 is 1.96. The Labute approximate surface area is 119 Å². The molecule has 1 heterocycles. The van der Waals surface area contributed by atoms with Crippen molar-refractivity contribution in [3.8, 4) is 0 Å². The van der Waals surface area contributed by atoms with E-state index in [-0.39, 0.29) is 5.41 Å². The van der Waals surface area contributed by atoms with Crippen LogP contribution in [0.1, 0.15) is 37.6 Å². The van der Waals surface area contributed by atoms with Crippen molar-refractivity contribution in [3.63, 3.8) is 0 Å². The predicted octanol–water partition coefficient (Wildman–Crippen LogP) is 3.83. The van der Waals surface area contributed by atoms with E-state index in [1.54, 1.807) is 0 Å². The van der Waals surface area contributed by atoms with E-state index < -0.39 is 0 Å². The van der Waals surface area contributed by atoms with Crippen LogP contribution < -0.4 is 0 Å². The number of fused-ring (bicyclic) bond motifs is 1. The maximum atomic E-state index is 6.45. The second-order valence-corrected chi connectivity index (χ2v) is 6.80. The molecule has 18 heavy (non-hydrogen) atoms. The standard InChI is InChI=1S/C14H20Cl2N2/c1-3-11-13(16)12(18(2)17-11)7-14(8-15)5-9-4-10(9)6-14/h9-10H,3-8H2,1-2H3. The van der Waals surface area contributed by atoms with E-state index in [0.717, 1.165) is 41.3 Å². The number of hydrogen-bond acceptors (Lipinski definition) is 1. The molecule has 100 valence electrons. The minimum atomic E-state index is 0.275. The van der Waals surface area contributed by atoms with E-state index >= 15 is 0 Å². The van der Waals surface area contributed by atoms with Gasteiger partial charge in [0.1, 0.15) is 0 Å². The number of rotatable bonds is 4. The molecule has 4 heteroatoms. The van der Waals surface area contributed by atoms with Crippen LogP contribution in [0.15, 0.2) is 0 Å². The molecule has 0 radical (unpaired) electrons. The number of hydrogen-bond donors (Lipinski definition) is 0. The summed E-state index contributed by atoms with van der Waals surface area (Å²) in [5.41, 5.74) is 2.47. The average Bonchev–Trinajstić information content (AvgIpc) is 2.90. The summed E-state index contributed by atoms with van der Waals surface area (Å²) in [5, 5.41) is 5.37. The maximum Gasteiger partial charge on any atom is 0.0849 e. The van der Waals surface area contributed by atoms with Gasteiger partial charge in [-0.25, -0.2) is 0 Å². The fraction of sp³-hybridized carbons (Fsp3) is 0.786. The van der Waals surface area contributed by atoms with Gasteiger partial charge in [0.2, 0.25) is 0 Å². The Kier molecular flexibility index (Phi) is 3.14. The Morgan fingerprint density at radius 1 is 1.39 bits per heavy atom. The molecule has 0 aliphatic heterocycles. The first-order valence-electron chi connectivity index (χ1n) is 6.85. The molecule has 1 aromatic rings. The van der Waals surface area contributed by atoms with E-state index in [9.17, 15) is 0 Å². The van der Waals surface area contributed by atoms with Crippen molar-refractivity contribution < 1.29 is 0 Å². The van der Waals surface area contributed by atoms with Crippen LogP contribution in [0.4, 0.5) is 0 Å². The molecule has 2 fully saturated rings. The third kappa shape index (κ3) is 1.98. The Bertz CT molecular complexity index is 457. The topological polar surface area (TPSA) is 17.8 Å². The largest absolute Gasteiger partial charge is 0.271 e. The number of nitrogens with zero attached hydrogens (tertiary/aromatic N) is 2. The van der Waals surface area contributed by atoms with E-state index in [0.29, 0.717) is 0 Å². The zero-order valence-electron chi connectivity index (χ0n) is 11.0. The third-order valence-electron chi connectivity index (χ3n) is 4.79. The Hall–Kier alpha value is -0.210. The van der Waals surface area contributed by atoms with Gasteiger partial charge >= 0.3 is 0 Å². The van der Waals surface area contributed by atoms with Crippen LogP contribution >= 0.6 is 23.2 Å². The first kappa shape index (κ1) is 12.8. The Morgan fingerprint density at radius 2 is 2.06 bits per heavy atom. The quantitative estimate of drug-likeness (QED) is 0.769. The summed E-state index contributed by atoms with van der Waals surface area (Å²) in [6, 6.07) is 0. The molecular weight excluding hydrogens is 267 g/mol. The van der Waals surface area contributed by atoms with Crippen molar-refractivity contribution in [2.75, 3.05) is 5.88 Å². The van der Waals surface area contributed by atoms with Gasteiger partial charge in [-0.3, -0.25) is 4.68 Å². The van der Waals surface area contributed by atoms with Crippen molar-refractivity contribution in [3.05, 3.63) is 16.4 Å². The molecule has 2 aliphatic carbocycles. The first-order valence-corrected chi connectivity index (χ1v) is 7.76. The Morgan fingerprint density at radius 3 is 2.56 bits per heavy atom. The van der Waals surface area contributed by atoms with Crippen LogP contribution in [0.5, 0.6) is 0 Å². The van der Waals surface area contributed by atoms with Crippen molar-refractivity contribution in [1.29, 1.82) is 0 Å². The first-order chi connectivity index (χ1) is 8.58. The van der Waals surface area contributed by atoms with E-state index in [1.807, 2.05) is 11.7 Å². The molecule has 0 saturated heterocycles. The molecule has 3 rings (SSSR count). The summed E-state index contributed by atoms with van der Waals surface area (Å²) in [5.74, 6) is 2.64. The number of aryl methyl sites for hydroxylation is 2. The summed E-state index contributed by atoms with van der Waals surface area (Å²) in [6.45, 7) is 2.10. The summed E-state index contributed by atoms with van der Waals surface area (Å²) in [7, 11) is 2.00. The highest BCUT2D eigenvalue weighted by molar-refractivity contribution is 6.31. The van der Waals surface area contributed by atoms with Crippen LogP contribution in [0.25, 0.3) is 0 Å².